The highest BCUT2D eigenvalue weighted by Crippen LogP contribution is 2.52. The molecule has 2 fully saturated rings. The van der Waals surface area contributed by atoms with Gasteiger partial charge in [-0.05, 0) is 66.7 Å². The maximum Gasteiger partial charge on any atom is 0.355 e. The topological polar surface area (TPSA) is 280 Å². The second-order valence-electron chi connectivity index (χ2n) is 14.6. The van der Waals surface area contributed by atoms with E-state index < -0.39 is 154 Å². The van der Waals surface area contributed by atoms with Gasteiger partial charge in [-0.2, -0.15) is 8.42 Å². The zero-order chi connectivity index (χ0) is 48.4. The van der Waals surface area contributed by atoms with E-state index in [1.807, 2.05) is 0 Å². The molecule has 28 heteroatoms. The van der Waals surface area contributed by atoms with Gasteiger partial charge in [-0.15, -0.1) is 8.75 Å². The van der Waals surface area contributed by atoms with Gasteiger partial charge in [0.2, 0.25) is 5.43 Å². The van der Waals surface area contributed by atoms with Crippen LogP contribution >= 0.6 is 0 Å². The Kier molecular flexibility index (Phi) is 11.6. The average molecular weight is 988 g/mol. The van der Waals surface area contributed by atoms with Crippen LogP contribution in [0, 0.1) is 55.3 Å². The normalized spacial score (nSPS) is 17.1. The standard InChI is InChI=1S/C39H25F4N7O14S3/c40-20-1-4-24(5-2-20)50(67(62,63)26-12-8-23(9-13-26)49(57)58)64-65(59)39(54)47(66(60,61)25-10-6-22(7-11-25)48(55)56)34-28-17-45(18-29(28)34)37-32(43)16-27-35(51)30(38(52)53)19-46(36(27)44-37)33-14-3-21(41)15-31(33)42/h1-16,19,28-29,34H,17-18H2,(H,52,53)/t28-,29+,34?,65?. The van der Waals surface area contributed by atoms with Gasteiger partial charge in [0, 0.05) is 61.5 Å². The Morgan fingerprint density at radius 2 is 1.31 bits per heavy atom. The van der Waals surface area contributed by atoms with Crippen LogP contribution in [0.1, 0.15) is 10.4 Å². The van der Waals surface area contributed by atoms with E-state index in [2.05, 4.69) is 4.98 Å². The number of carboxylic acid groups (broad SMARTS) is 1. The van der Waals surface area contributed by atoms with Gasteiger partial charge >= 0.3 is 11.2 Å². The summed E-state index contributed by atoms with van der Waals surface area (Å²) in [4.78, 5) is 64.3. The zero-order valence-corrected chi connectivity index (χ0v) is 35.5. The van der Waals surface area contributed by atoms with E-state index in [9.17, 15) is 69.5 Å². The van der Waals surface area contributed by atoms with E-state index in [-0.39, 0.29) is 21.9 Å². The van der Waals surface area contributed by atoms with Crippen LogP contribution in [-0.4, -0.2) is 80.2 Å². The van der Waals surface area contributed by atoms with E-state index in [1.54, 1.807) is 0 Å². The number of anilines is 2. The largest absolute Gasteiger partial charge is 0.477 e. The molecule has 1 aliphatic carbocycles. The fourth-order valence-electron chi connectivity index (χ4n) is 7.49. The molecule has 21 nitrogen and oxygen atoms in total. The lowest BCUT2D eigenvalue weighted by Crippen LogP contribution is -2.45. The summed E-state index contributed by atoms with van der Waals surface area (Å²) < 4.78 is 135. The molecule has 2 unspecified atom stereocenters. The summed E-state index contributed by atoms with van der Waals surface area (Å²) in [5.41, 5.74) is -4.77. The SMILES string of the molecule is O=C(O)c1cn(-c2ccc(F)cc2F)c2nc(N3C[C@@H]4C(N(C(=O)S(=O)ON(c5ccc(F)cc5)S(=O)(=O)c5ccc([N+](=O)[O-])cc5)S(=O)(=O)c5ccc([N+](=O)[O-])cc5)[C@@H]4C3)c(F)cc2c1=O. The molecular weight excluding hydrogens is 963 g/mol. The second kappa shape index (κ2) is 16.9. The van der Waals surface area contributed by atoms with Crippen molar-refractivity contribution in [3.63, 3.8) is 0 Å². The maximum atomic E-state index is 15.9. The van der Waals surface area contributed by atoms with Gasteiger partial charge in [0.25, 0.3) is 42.5 Å². The number of aromatic carboxylic acids is 1. The molecule has 2 aliphatic rings. The van der Waals surface area contributed by atoms with Crippen molar-refractivity contribution in [1.82, 2.24) is 13.9 Å². The molecule has 3 heterocycles. The summed E-state index contributed by atoms with van der Waals surface area (Å²) in [6.45, 7) is -0.674. The number of hydrogen-bond donors (Lipinski definition) is 1. The fourth-order valence-corrected chi connectivity index (χ4v) is 11.6. The Hall–Kier alpha value is -7.69. The molecule has 1 amide bonds. The number of nitrogens with zero attached hydrogens (tertiary/aromatic N) is 7. The zero-order valence-electron chi connectivity index (χ0n) is 33.1. The van der Waals surface area contributed by atoms with Crippen molar-refractivity contribution < 1.29 is 67.4 Å². The highest BCUT2D eigenvalue weighted by Gasteiger charge is 2.63. The Bertz CT molecular complexity index is 3390. The molecular formula is C39H25F4N7O14S3. The van der Waals surface area contributed by atoms with Crippen molar-refractivity contribution in [3.05, 3.63) is 163 Å². The lowest BCUT2D eigenvalue weighted by Gasteiger charge is -2.28. The summed E-state index contributed by atoms with van der Waals surface area (Å²) in [5.74, 6) is -8.50. The lowest BCUT2D eigenvalue weighted by atomic mass is 10.1. The molecule has 1 saturated carbocycles. The van der Waals surface area contributed by atoms with Crippen molar-refractivity contribution >= 4 is 76.2 Å². The number of fused-ring (bicyclic) bond motifs is 2. The van der Waals surface area contributed by atoms with Gasteiger partial charge in [0.15, 0.2) is 17.3 Å². The van der Waals surface area contributed by atoms with Crippen LogP contribution in [0.25, 0.3) is 16.7 Å². The molecule has 346 valence electrons. The first-order chi connectivity index (χ1) is 31.6. The van der Waals surface area contributed by atoms with Crippen molar-refractivity contribution in [1.29, 1.82) is 0 Å². The number of halogens is 4. The number of amides is 1. The minimum absolute atomic E-state index is 0.0985. The molecule has 1 aliphatic heterocycles. The van der Waals surface area contributed by atoms with Gasteiger partial charge in [0.1, 0.15) is 23.0 Å². The Balaban J connectivity index is 1.15. The van der Waals surface area contributed by atoms with Gasteiger partial charge in [0.05, 0.1) is 42.4 Å². The van der Waals surface area contributed by atoms with Crippen molar-refractivity contribution in [3.8, 4) is 5.69 Å². The first-order valence-electron chi connectivity index (χ1n) is 18.8. The molecule has 4 atom stereocenters. The van der Waals surface area contributed by atoms with E-state index in [1.165, 1.54) is 4.90 Å². The third-order valence-corrected chi connectivity index (χ3v) is 15.1. The first kappa shape index (κ1) is 45.9. The molecule has 1 saturated heterocycles. The third-order valence-electron chi connectivity index (χ3n) is 10.7. The Morgan fingerprint density at radius 1 is 0.776 bits per heavy atom. The predicted molar refractivity (Wildman–Crippen MR) is 223 cm³/mol. The van der Waals surface area contributed by atoms with Crippen LogP contribution in [0.15, 0.2) is 118 Å². The number of carbonyl (C=O) groups excluding carboxylic acids is 1. The van der Waals surface area contributed by atoms with Crippen molar-refractivity contribution in [2.45, 2.75) is 15.8 Å². The van der Waals surface area contributed by atoms with Gasteiger partial charge in [-0.25, -0.2) is 44.3 Å². The van der Waals surface area contributed by atoms with E-state index in [0.717, 1.165) is 89.5 Å². The number of nitro benzene ring substituents is 2. The molecule has 0 radical (unpaired) electrons. The minimum atomic E-state index is -5.20. The van der Waals surface area contributed by atoms with Crippen molar-refractivity contribution in [2.24, 2.45) is 11.8 Å². The minimum Gasteiger partial charge on any atom is -0.477 e. The summed E-state index contributed by atoms with van der Waals surface area (Å²) in [6.07, 6.45) is 0.707. The van der Waals surface area contributed by atoms with Crippen LogP contribution in [0.5, 0.6) is 0 Å². The van der Waals surface area contributed by atoms with Crippen molar-refractivity contribution in [2.75, 3.05) is 22.5 Å². The highest BCUT2D eigenvalue weighted by atomic mass is 32.2. The Labute approximate surface area is 374 Å². The number of carbonyl (C=O) groups is 2. The summed E-state index contributed by atoms with van der Waals surface area (Å²) in [5, 5.41) is 29.7. The summed E-state index contributed by atoms with van der Waals surface area (Å²) >= 11 is -3.65. The lowest BCUT2D eigenvalue weighted by molar-refractivity contribution is -0.385. The monoisotopic (exact) mass is 987 g/mol. The van der Waals surface area contributed by atoms with Crippen LogP contribution in [-0.2, 0) is 35.4 Å². The molecule has 4 aromatic carbocycles. The summed E-state index contributed by atoms with van der Waals surface area (Å²) in [6, 6.07) is 10.8. The number of sulfonamides is 2. The molecule has 0 bridgehead atoms. The van der Waals surface area contributed by atoms with E-state index >= 15 is 8.78 Å². The smallest absolute Gasteiger partial charge is 0.355 e. The van der Waals surface area contributed by atoms with Crippen LogP contribution in [0.2, 0.25) is 0 Å². The maximum absolute atomic E-state index is 15.9. The summed E-state index contributed by atoms with van der Waals surface area (Å²) in [7, 11) is -10.3. The van der Waals surface area contributed by atoms with E-state index in [0.29, 0.717) is 18.3 Å². The predicted octanol–water partition coefficient (Wildman–Crippen LogP) is 5.19. The molecule has 8 rings (SSSR count). The van der Waals surface area contributed by atoms with Gasteiger partial charge < -0.3 is 10.0 Å². The van der Waals surface area contributed by atoms with Crippen LogP contribution < -0.4 is 14.8 Å². The number of pyridine rings is 2. The number of rotatable bonds is 13. The number of piperidine rings is 1. The number of carboxylic acids is 1. The molecule has 0 spiro atoms. The Morgan fingerprint density at radius 3 is 1.84 bits per heavy atom. The molecule has 2 aromatic heterocycles. The van der Waals surface area contributed by atoms with Crippen LogP contribution in [0.3, 0.4) is 0 Å². The number of benzene rings is 4. The number of hydrogen-bond acceptors (Lipinski definition) is 15. The average Bonchev–Trinajstić information content (AvgIpc) is 3.73. The number of aromatic nitrogens is 2. The second-order valence-corrected chi connectivity index (χ2v) is 19.2. The molecule has 67 heavy (non-hydrogen) atoms. The van der Waals surface area contributed by atoms with E-state index in [4.69, 9.17) is 4.28 Å². The van der Waals surface area contributed by atoms with Gasteiger partial charge in [-0.1, -0.05) is 0 Å². The number of non-ortho nitro benzene ring substituents is 2. The number of nitro groups is 2. The fraction of sp³-hybridized carbons (Fsp3) is 0.128. The highest BCUT2D eigenvalue weighted by molar-refractivity contribution is 8.00. The molecule has 1 N–H and O–H groups in total. The third kappa shape index (κ3) is 8.29. The van der Waals surface area contributed by atoms with Crippen LogP contribution in [0.4, 0.5) is 45.2 Å². The first-order valence-corrected chi connectivity index (χ1v) is 22.7. The van der Waals surface area contributed by atoms with Gasteiger partial charge in [-0.3, -0.25) is 34.4 Å². The molecule has 6 aromatic rings. The quantitative estimate of drug-likeness (QED) is 0.0885.